The van der Waals surface area contributed by atoms with Crippen LogP contribution in [0.15, 0.2) is 60.0 Å². The van der Waals surface area contributed by atoms with E-state index in [1.54, 1.807) is 27.6 Å². The molecule has 0 unspecified atom stereocenters. The molecule has 0 saturated heterocycles. The Morgan fingerprint density at radius 3 is 2.67 bits per heavy atom. The van der Waals surface area contributed by atoms with Crippen LogP contribution in [0.3, 0.4) is 0 Å². The Balaban J connectivity index is 1.49. The maximum absolute atomic E-state index is 12.8. The molecule has 27 heavy (non-hydrogen) atoms. The number of hydrogen-bond donors (Lipinski definition) is 0. The van der Waals surface area contributed by atoms with Gasteiger partial charge in [0.25, 0.3) is 0 Å². The minimum Gasteiger partial charge on any atom is -0.341 e. The van der Waals surface area contributed by atoms with E-state index in [-0.39, 0.29) is 5.91 Å². The van der Waals surface area contributed by atoms with Gasteiger partial charge in [0.1, 0.15) is 0 Å². The van der Waals surface area contributed by atoms with Crippen molar-refractivity contribution < 1.29 is 4.79 Å². The van der Waals surface area contributed by atoms with E-state index in [1.807, 2.05) is 37.6 Å². The Morgan fingerprint density at radius 1 is 1.07 bits per heavy atom. The zero-order valence-corrected chi connectivity index (χ0v) is 16.9. The molecule has 0 fully saturated rings. The number of fused-ring (bicyclic) bond motifs is 1. The van der Waals surface area contributed by atoms with Gasteiger partial charge in [0.05, 0.1) is 22.0 Å². The first-order valence-corrected chi connectivity index (χ1v) is 10.5. The summed E-state index contributed by atoms with van der Waals surface area (Å²) in [5.74, 6) is 0.115. The van der Waals surface area contributed by atoms with Gasteiger partial charge in [0, 0.05) is 18.5 Å². The fourth-order valence-corrected chi connectivity index (χ4v) is 4.91. The fraction of sp³-hybridized carbons (Fsp3) is 0.182. The van der Waals surface area contributed by atoms with Crippen LogP contribution in [0.1, 0.15) is 15.4 Å². The molecule has 2 aromatic carbocycles. The fourth-order valence-electron chi connectivity index (χ4n) is 3.17. The molecule has 0 aliphatic heterocycles. The van der Waals surface area contributed by atoms with Crippen molar-refractivity contribution in [3.63, 3.8) is 0 Å². The van der Waals surface area contributed by atoms with E-state index in [9.17, 15) is 4.79 Å². The SMILES string of the molecule is Cc1nc(-c2cccs2)c(CC(=O)N(C)Cc2ccc3ccccc3c2)s1. The number of aromatic nitrogens is 1. The van der Waals surface area contributed by atoms with E-state index in [1.165, 1.54) is 10.8 Å². The van der Waals surface area contributed by atoms with Crippen LogP contribution in [0.2, 0.25) is 0 Å². The van der Waals surface area contributed by atoms with Crippen molar-refractivity contribution in [1.82, 2.24) is 9.88 Å². The van der Waals surface area contributed by atoms with Gasteiger partial charge >= 0.3 is 0 Å². The lowest BCUT2D eigenvalue weighted by Crippen LogP contribution is -2.27. The normalized spacial score (nSPS) is 11.0. The smallest absolute Gasteiger partial charge is 0.227 e. The van der Waals surface area contributed by atoms with Crippen molar-refractivity contribution in [2.75, 3.05) is 7.05 Å². The zero-order chi connectivity index (χ0) is 18.8. The van der Waals surface area contributed by atoms with Gasteiger partial charge in [0.15, 0.2) is 0 Å². The van der Waals surface area contributed by atoms with Crippen LogP contribution < -0.4 is 0 Å². The maximum Gasteiger partial charge on any atom is 0.227 e. The van der Waals surface area contributed by atoms with Crippen LogP contribution >= 0.6 is 22.7 Å². The number of likely N-dealkylation sites (N-methyl/N-ethyl adjacent to an activating group) is 1. The Hall–Kier alpha value is -2.50. The van der Waals surface area contributed by atoms with E-state index in [2.05, 4.69) is 41.4 Å². The van der Waals surface area contributed by atoms with Crippen LogP contribution in [0.5, 0.6) is 0 Å². The number of carbonyl (C=O) groups excluding carboxylic acids is 1. The molecule has 1 amide bonds. The number of hydrogen-bond acceptors (Lipinski definition) is 4. The molecule has 4 rings (SSSR count). The quantitative estimate of drug-likeness (QED) is 0.447. The van der Waals surface area contributed by atoms with E-state index >= 15 is 0 Å². The average molecular weight is 393 g/mol. The molecule has 0 atom stereocenters. The highest BCUT2D eigenvalue weighted by Crippen LogP contribution is 2.31. The van der Waals surface area contributed by atoms with Crippen molar-refractivity contribution in [3.05, 3.63) is 75.4 Å². The van der Waals surface area contributed by atoms with Gasteiger partial charge < -0.3 is 4.90 Å². The third kappa shape index (κ3) is 3.94. The summed E-state index contributed by atoms with van der Waals surface area (Å²) >= 11 is 3.28. The molecule has 0 saturated carbocycles. The summed E-state index contributed by atoms with van der Waals surface area (Å²) in [4.78, 5) is 21.4. The maximum atomic E-state index is 12.8. The van der Waals surface area contributed by atoms with Crippen LogP contribution in [-0.2, 0) is 17.8 Å². The summed E-state index contributed by atoms with van der Waals surface area (Å²) < 4.78 is 0. The standard InChI is InChI=1S/C22H20N2OS2/c1-15-23-22(19-8-5-11-26-19)20(27-15)13-21(25)24(2)14-16-9-10-17-6-3-4-7-18(17)12-16/h3-12H,13-14H2,1-2H3. The summed E-state index contributed by atoms with van der Waals surface area (Å²) in [7, 11) is 1.87. The Kier molecular flexibility index (Phi) is 5.05. The largest absolute Gasteiger partial charge is 0.341 e. The molecule has 0 N–H and O–H groups in total. The first kappa shape index (κ1) is 17.9. The number of amides is 1. The second kappa shape index (κ2) is 7.62. The number of benzene rings is 2. The van der Waals surface area contributed by atoms with E-state index in [0.29, 0.717) is 13.0 Å². The topological polar surface area (TPSA) is 33.2 Å². The van der Waals surface area contributed by atoms with Gasteiger partial charge in [-0.2, -0.15) is 0 Å². The third-order valence-corrected chi connectivity index (χ3v) is 6.38. The highest BCUT2D eigenvalue weighted by atomic mass is 32.1. The van der Waals surface area contributed by atoms with Gasteiger partial charge in [-0.1, -0.05) is 42.5 Å². The second-order valence-corrected chi connectivity index (χ2v) is 8.83. The number of thiophene rings is 1. The van der Waals surface area contributed by atoms with Gasteiger partial charge in [-0.25, -0.2) is 4.98 Å². The summed E-state index contributed by atoms with van der Waals surface area (Å²) in [6.45, 7) is 2.60. The van der Waals surface area contributed by atoms with Crippen LogP contribution in [0, 0.1) is 6.92 Å². The lowest BCUT2D eigenvalue weighted by Gasteiger charge is -2.17. The van der Waals surface area contributed by atoms with Crippen molar-refractivity contribution in [3.8, 4) is 10.6 Å². The molecular formula is C22H20N2OS2. The molecule has 0 aliphatic carbocycles. The summed E-state index contributed by atoms with van der Waals surface area (Å²) in [6, 6.07) is 18.7. The monoisotopic (exact) mass is 392 g/mol. The molecule has 2 heterocycles. The van der Waals surface area contributed by atoms with Gasteiger partial charge in [0.2, 0.25) is 5.91 Å². The van der Waals surface area contributed by atoms with Gasteiger partial charge in [-0.05, 0) is 40.8 Å². The molecule has 5 heteroatoms. The van der Waals surface area contributed by atoms with Crippen molar-refractivity contribution in [2.45, 2.75) is 19.9 Å². The van der Waals surface area contributed by atoms with Crippen LogP contribution in [0.25, 0.3) is 21.3 Å². The van der Waals surface area contributed by atoms with Gasteiger partial charge in [-0.15, -0.1) is 22.7 Å². The van der Waals surface area contributed by atoms with E-state index in [0.717, 1.165) is 26.0 Å². The van der Waals surface area contributed by atoms with E-state index in [4.69, 9.17) is 0 Å². The van der Waals surface area contributed by atoms with Crippen molar-refractivity contribution in [2.24, 2.45) is 0 Å². The average Bonchev–Trinajstić information content (AvgIpc) is 3.31. The van der Waals surface area contributed by atoms with Crippen molar-refractivity contribution in [1.29, 1.82) is 0 Å². The lowest BCUT2D eigenvalue weighted by molar-refractivity contribution is -0.129. The molecule has 0 radical (unpaired) electrons. The van der Waals surface area contributed by atoms with Crippen LogP contribution in [-0.4, -0.2) is 22.8 Å². The minimum absolute atomic E-state index is 0.115. The number of carbonyl (C=O) groups is 1. The first-order valence-electron chi connectivity index (χ1n) is 8.82. The minimum atomic E-state index is 0.115. The number of nitrogens with zero attached hydrogens (tertiary/aromatic N) is 2. The molecular weight excluding hydrogens is 372 g/mol. The molecule has 0 spiro atoms. The first-order chi connectivity index (χ1) is 13.1. The lowest BCUT2D eigenvalue weighted by atomic mass is 10.1. The Labute approximate surface area is 166 Å². The Morgan fingerprint density at radius 2 is 1.89 bits per heavy atom. The van der Waals surface area contributed by atoms with Crippen molar-refractivity contribution >= 4 is 39.4 Å². The molecule has 136 valence electrons. The zero-order valence-electron chi connectivity index (χ0n) is 15.3. The van der Waals surface area contributed by atoms with Gasteiger partial charge in [-0.3, -0.25) is 4.79 Å². The molecule has 4 aromatic rings. The number of aryl methyl sites for hydroxylation is 1. The highest BCUT2D eigenvalue weighted by molar-refractivity contribution is 7.15. The Bertz CT molecular complexity index is 1080. The van der Waals surface area contributed by atoms with Crippen LogP contribution in [0.4, 0.5) is 0 Å². The van der Waals surface area contributed by atoms with E-state index < -0.39 is 0 Å². The second-order valence-electron chi connectivity index (χ2n) is 6.59. The predicted octanol–water partition coefficient (Wildman–Crippen LogP) is 5.53. The molecule has 0 aliphatic rings. The molecule has 0 bridgehead atoms. The highest BCUT2D eigenvalue weighted by Gasteiger charge is 2.18. The molecule has 3 nitrogen and oxygen atoms in total. The number of rotatable bonds is 5. The predicted molar refractivity (Wildman–Crippen MR) is 114 cm³/mol. The number of thiazole rings is 1. The molecule has 2 aromatic heterocycles. The third-order valence-electron chi connectivity index (χ3n) is 4.53. The summed E-state index contributed by atoms with van der Waals surface area (Å²) in [5, 5.41) is 5.46. The summed E-state index contributed by atoms with van der Waals surface area (Å²) in [6.07, 6.45) is 0.392. The summed E-state index contributed by atoms with van der Waals surface area (Å²) in [5.41, 5.74) is 2.10.